The van der Waals surface area contributed by atoms with Gasteiger partial charge in [-0.15, -0.1) is 0 Å². The van der Waals surface area contributed by atoms with E-state index in [4.69, 9.17) is 9.84 Å². The van der Waals surface area contributed by atoms with E-state index in [9.17, 15) is 14.0 Å². The number of nitrogens with zero attached hydrogens (tertiary/aromatic N) is 1. The Morgan fingerprint density at radius 1 is 1.50 bits per heavy atom. The molecule has 0 radical (unpaired) electrons. The second-order valence-electron chi connectivity index (χ2n) is 4.26. The number of para-hydroxylation sites is 1. The van der Waals surface area contributed by atoms with Crippen molar-refractivity contribution in [3.8, 4) is 0 Å². The maximum Gasteiger partial charge on any atom is 0.337 e. The summed E-state index contributed by atoms with van der Waals surface area (Å²) < 4.78 is 18.6. The maximum atomic E-state index is 13.6. The van der Waals surface area contributed by atoms with E-state index in [0.29, 0.717) is 0 Å². The molecule has 1 N–H and O–H groups in total. The molecule has 1 fully saturated rings. The third-order valence-electron chi connectivity index (χ3n) is 2.87. The van der Waals surface area contributed by atoms with Crippen LogP contribution in [0.4, 0.5) is 10.1 Å². The average molecular weight is 253 g/mol. The van der Waals surface area contributed by atoms with Crippen molar-refractivity contribution in [3.05, 3.63) is 30.1 Å². The van der Waals surface area contributed by atoms with Crippen LogP contribution < -0.4 is 4.90 Å². The van der Waals surface area contributed by atoms with Crippen LogP contribution in [-0.4, -0.2) is 35.7 Å². The van der Waals surface area contributed by atoms with Gasteiger partial charge in [-0.05, 0) is 19.1 Å². The van der Waals surface area contributed by atoms with E-state index in [-0.39, 0.29) is 18.8 Å². The van der Waals surface area contributed by atoms with Crippen molar-refractivity contribution in [3.63, 3.8) is 0 Å². The van der Waals surface area contributed by atoms with Gasteiger partial charge >= 0.3 is 5.97 Å². The topological polar surface area (TPSA) is 66.8 Å². The number of carbonyl (C=O) groups excluding carboxylic acids is 1. The molecule has 6 heteroatoms. The summed E-state index contributed by atoms with van der Waals surface area (Å²) in [5.74, 6) is -2.21. The van der Waals surface area contributed by atoms with Crippen molar-refractivity contribution in [2.24, 2.45) is 0 Å². The molecule has 1 heterocycles. The Morgan fingerprint density at radius 2 is 2.17 bits per heavy atom. The number of anilines is 1. The summed E-state index contributed by atoms with van der Waals surface area (Å²) in [6.07, 6.45) is 0. The molecule has 0 saturated carbocycles. The molecule has 1 amide bonds. The highest BCUT2D eigenvalue weighted by Gasteiger charge is 2.43. The van der Waals surface area contributed by atoms with Gasteiger partial charge in [0.15, 0.2) is 5.60 Å². The summed E-state index contributed by atoms with van der Waals surface area (Å²) in [5, 5.41) is 9.06. The number of hydrogen-bond acceptors (Lipinski definition) is 3. The Labute approximate surface area is 103 Å². The van der Waals surface area contributed by atoms with E-state index in [1.54, 1.807) is 6.07 Å². The van der Waals surface area contributed by atoms with Gasteiger partial charge in [-0.1, -0.05) is 12.1 Å². The predicted molar refractivity (Wildman–Crippen MR) is 60.7 cm³/mol. The van der Waals surface area contributed by atoms with Gasteiger partial charge in [0.05, 0.1) is 12.2 Å². The number of carboxylic acid groups (broad SMARTS) is 1. The Morgan fingerprint density at radius 3 is 2.78 bits per heavy atom. The zero-order valence-electron chi connectivity index (χ0n) is 9.72. The van der Waals surface area contributed by atoms with Gasteiger partial charge in [0.25, 0.3) is 5.91 Å². The Kier molecular flexibility index (Phi) is 3.04. The average Bonchev–Trinajstić information content (AvgIpc) is 2.33. The van der Waals surface area contributed by atoms with E-state index in [2.05, 4.69) is 0 Å². The molecule has 18 heavy (non-hydrogen) atoms. The van der Waals surface area contributed by atoms with Crippen LogP contribution >= 0.6 is 0 Å². The van der Waals surface area contributed by atoms with Gasteiger partial charge in [0, 0.05) is 0 Å². The molecule has 1 aliphatic rings. The van der Waals surface area contributed by atoms with E-state index >= 15 is 0 Å². The van der Waals surface area contributed by atoms with Crippen molar-refractivity contribution < 1.29 is 23.8 Å². The molecular formula is C12H12FNO4. The zero-order chi connectivity index (χ0) is 13.3. The van der Waals surface area contributed by atoms with Gasteiger partial charge in [-0.2, -0.15) is 0 Å². The molecule has 0 aliphatic carbocycles. The fraction of sp³-hybridized carbons (Fsp3) is 0.333. The summed E-state index contributed by atoms with van der Waals surface area (Å²) in [5.41, 5.74) is -1.45. The van der Waals surface area contributed by atoms with Crippen LogP contribution in [0.3, 0.4) is 0 Å². The Balaban J connectivity index is 2.35. The summed E-state index contributed by atoms with van der Waals surface area (Å²) in [4.78, 5) is 23.9. The highest BCUT2D eigenvalue weighted by atomic mass is 19.1. The SMILES string of the molecule is CC1(C(=O)O)CN(c2ccccc2F)C(=O)CO1. The zero-order valence-corrected chi connectivity index (χ0v) is 9.72. The predicted octanol–water partition coefficient (Wildman–Crippen LogP) is 1.03. The van der Waals surface area contributed by atoms with Crippen molar-refractivity contribution in [1.82, 2.24) is 0 Å². The number of morpholine rings is 1. The van der Waals surface area contributed by atoms with Crippen molar-refractivity contribution >= 4 is 17.6 Å². The summed E-state index contributed by atoms with van der Waals surface area (Å²) >= 11 is 0. The first-order valence-electron chi connectivity index (χ1n) is 5.36. The third kappa shape index (κ3) is 2.06. The fourth-order valence-electron chi connectivity index (χ4n) is 1.75. The lowest BCUT2D eigenvalue weighted by Gasteiger charge is -2.37. The van der Waals surface area contributed by atoms with E-state index in [0.717, 1.165) is 4.90 Å². The first-order valence-corrected chi connectivity index (χ1v) is 5.36. The number of benzene rings is 1. The number of halogens is 1. The minimum Gasteiger partial charge on any atom is -0.479 e. The molecule has 2 rings (SSSR count). The Bertz CT molecular complexity index is 505. The molecule has 5 nitrogen and oxygen atoms in total. The molecule has 1 atom stereocenters. The first-order chi connectivity index (χ1) is 8.44. The number of ether oxygens (including phenoxy) is 1. The van der Waals surface area contributed by atoms with Gasteiger partial charge in [-0.25, -0.2) is 9.18 Å². The number of amides is 1. The number of carboxylic acids is 1. The lowest BCUT2D eigenvalue weighted by Crippen LogP contribution is -2.57. The fourth-order valence-corrected chi connectivity index (χ4v) is 1.75. The highest BCUT2D eigenvalue weighted by molar-refractivity contribution is 5.97. The molecule has 1 unspecified atom stereocenters. The van der Waals surface area contributed by atoms with E-state index in [1.165, 1.54) is 25.1 Å². The highest BCUT2D eigenvalue weighted by Crippen LogP contribution is 2.26. The van der Waals surface area contributed by atoms with E-state index < -0.39 is 23.3 Å². The van der Waals surface area contributed by atoms with Crippen LogP contribution in [0.25, 0.3) is 0 Å². The summed E-state index contributed by atoms with van der Waals surface area (Å²) in [6.45, 7) is 0.759. The summed E-state index contributed by atoms with van der Waals surface area (Å²) in [7, 11) is 0. The quantitative estimate of drug-likeness (QED) is 0.855. The second kappa shape index (κ2) is 4.38. The number of carbonyl (C=O) groups is 2. The normalized spacial score (nSPS) is 24.1. The second-order valence-corrected chi connectivity index (χ2v) is 4.26. The van der Waals surface area contributed by atoms with Crippen LogP contribution in [0, 0.1) is 5.82 Å². The van der Waals surface area contributed by atoms with E-state index in [1.807, 2.05) is 0 Å². The molecule has 0 spiro atoms. The van der Waals surface area contributed by atoms with Crippen molar-refractivity contribution in [1.29, 1.82) is 0 Å². The largest absolute Gasteiger partial charge is 0.479 e. The van der Waals surface area contributed by atoms with Gasteiger partial charge in [-0.3, -0.25) is 4.79 Å². The van der Waals surface area contributed by atoms with Crippen LogP contribution in [0.1, 0.15) is 6.92 Å². The Hall–Kier alpha value is -1.95. The van der Waals surface area contributed by atoms with Crippen LogP contribution in [0.5, 0.6) is 0 Å². The number of hydrogen-bond donors (Lipinski definition) is 1. The van der Waals surface area contributed by atoms with Crippen LogP contribution in [0.15, 0.2) is 24.3 Å². The molecular weight excluding hydrogens is 241 g/mol. The third-order valence-corrected chi connectivity index (χ3v) is 2.87. The minimum absolute atomic E-state index is 0.0678. The molecule has 96 valence electrons. The summed E-state index contributed by atoms with van der Waals surface area (Å²) in [6, 6.07) is 5.73. The van der Waals surface area contributed by atoms with Gasteiger partial charge < -0.3 is 14.7 Å². The van der Waals surface area contributed by atoms with Crippen molar-refractivity contribution in [2.75, 3.05) is 18.1 Å². The number of aliphatic carboxylic acids is 1. The van der Waals surface area contributed by atoms with Crippen LogP contribution in [-0.2, 0) is 14.3 Å². The monoisotopic (exact) mass is 253 g/mol. The first kappa shape index (κ1) is 12.5. The van der Waals surface area contributed by atoms with Crippen molar-refractivity contribution in [2.45, 2.75) is 12.5 Å². The number of rotatable bonds is 2. The minimum atomic E-state index is -1.52. The molecule has 0 aromatic heterocycles. The lowest BCUT2D eigenvalue weighted by atomic mass is 10.0. The standard InChI is InChI=1S/C12H12FNO4/c1-12(11(16)17)7-14(10(15)6-18-12)9-5-3-2-4-8(9)13/h2-5H,6-7H2,1H3,(H,16,17). The molecule has 1 aliphatic heterocycles. The molecule has 1 saturated heterocycles. The lowest BCUT2D eigenvalue weighted by molar-refractivity contribution is -0.168. The molecule has 0 bridgehead atoms. The smallest absolute Gasteiger partial charge is 0.337 e. The van der Waals surface area contributed by atoms with Gasteiger partial charge in [0.2, 0.25) is 0 Å². The maximum absolute atomic E-state index is 13.6. The molecule has 1 aromatic carbocycles. The van der Waals surface area contributed by atoms with Crippen LogP contribution in [0.2, 0.25) is 0 Å². The molecule has 1 aromatic rings. The van der Waals surface area contributed by atoms with Gasteiger partial charge in [0.1, 0.15) is 12.4 Å².